The SMILES string of the molecule is Cc1cc(CC2CCC(C3CCC(C)CC3)CC2)cc(F)c1N=C=S. The number of isothiocyanates is 1. The maximum Gasteiger partial charge on any atom is 0.150 e. The summed E-state index contributed by atoms with van der Waals surface area (Å²) in [7, 11) is 0. The molecule has 0 aliphatic heterocycles. The Balaban J connectivity index is 1.55. The van der Waals surface area contributed by atoms with Crippen LogP contribution in [0, 0.1) is 36.4 Å². The van der Waals surface area contributed by atoms with Crippen LogP contribution in [0.1, 0.15) is 69.4 Å². The van der Waals surface area contributed by atoms with Crippen molar-refractivity contribution in [2.75, 3.05) is 0 Å². The minimum Gasteiger partial charge on any atom is -0.205 e. The molecular weight excluding hydrogens is 329 g/mol. The van der Waals surface area contributed by atoms with E-state index in [1.807, 2.05) is 6.92 Å². The van der Waals surface area contributed by atoms with Crippen molar-refractivity contribution < 1.29 is 4.39 Å². The topological polar surface area (TPSA) is 12.4 Å². The second kappa shape index (κ2) is 8.56. The van der Waals surface area contributed by atoms with Crippen molar-refractivity contribution in [2.24, 2.45) is 28.7 Å². The first kappa shape index (κ1) is 18.7. The Bertz CT molecular complexity index is 610. The van der Waals surface area contributed by atoms with E-state index in [0.717, 1.165) is 35.3 Å². The lowest BCUT2D eigenvalue weighted by atomic mass is 9.69. The summed E-state index contributed by atoms with van der Waals surface area (Å²) in [4.78, 5) is 3.85. The van der Waals surface area contributed by atoms with E-state index in [1.54, 1.807) is 6.07 Å². The minimum absolute atomic E-state index is 0.266. The van der Waals surface area contributed by atoms with E-state index in [0.29, 0.717) is 11.6 Å². The van der Waals surface area contributed by atoms with Crippen molar-refractivity contribution in [3.8, 4) is 0 Å². The van der Waals surface area contributed by atoms with Crippen LogP contribution in [-0.2, 0) is 6.42 Å². The fourth-order valence-corrected chi connectivity index (χ4v) is 5.16. The number of halogens is 1. The van der Waals surface area contributed by atoms with E-state index in [1.165, 1.54) is 51.4 Å². The number of aliphatic imine (C=N–C) groups is 1. The van der Waals surface area contributed by atoms with Gasteiger partial charge in [-0.15, -0.1) is 0 Å². The summed E-state index contributed by atoms with van der Waals surface area (Å²) < 4.78 is 14.2. The summed E-state index contributed by atoms with van der Waals surface area (Å²) in [6.45, 7) is 4.30. The Morgan fingerprint density at radius 2 is 1.64 bits per heavy atom. The third kappa shape index (κ3) is 4.77. The van der Waals surface area contributed by atoms with Gasteiger partial charge in [-0.25, -0.2) is 4.39 Å². The number of benzene rings is 1. The molecule has 1 nitrogen and oxygen atoms in total. The van der Waals surface area contributed by atoms with E-state index < -0.39 is 0 Å². The molecule has 0 atom stereocenters. The number of aryl methyl sites for hydroxylation is 1. The molecule has 0 saturated heterocycles. The number of thiocarbonyl (C=S) groups is 1. The first-order chi connectivity index (χ1) is 12.1. The highest BCUT2D eigenvalue weighted by Gasteiger charge is 2.30. The molecule has 0 spiro atoms. The maximum atomic E-state index is 14.2. The second-order valence-electron chi connectivity index (χ2n) is 8.45. The highest BCUT2D eigenvalue weighted by Crippen LogP contribution is 2.42. The number of nitrogens with zero attached hydrogens (tertiary/aromatic N) is 1. The van der Waals surface area contributed by atoms with E-state index in [4.69, 9.17) is 0 Å². The minimum atomic E-state index is -0.266. The molecule has 0 heterocycles. The molecule has 2 fully saturated rings. The van der Waals surface area contributed by atoms with Crippen molar-refractivity contribution in [3.05, 3.63) is 29.1 Å². The quantitative estimate of drug-likeness (QED) is 0.414. The molecule has 0 bridgehead atoms. The number of rotatable bonds is 4. The summed E-state index contributed by atoms with van der Waals surface area (Å²) in [5, 5.41) is 2.27. The van der Waals surface area contributed by atoms with Gasteiger partial charge in [0.15, 0.2) is 0 Å². The van der Waals surface area contributed by atoms with E-state index in [9.17, 15) is 4.39 Å². The first-order valence-corrected chi connectivity index (χ1v) is 10.3. The standard InChI is InChI=1S/C22H30FNS/c1-15-3-7-19(8-4-15)20-9-5-17(6-10-20)12-18-11-16(2)22(24-14-25)21(23)13-18/h11,13,15,17,19-20H,3-10,12H2,1-2H3. The Hall–Kier alpha value is -1.05. The molecule has 0 unspecified atom stereocenters. The van der Waals surface area contributed by atoms with Gasteiger partial charge in [0.25, 0.3) is 0 Å². The van der Waals surface area contributed by atoms with Crippen LogP contribution in [0.5, 0.6) is 0 Å². The third-order valence-electron chi connectivity index (χ3n) is 6.61. The van der Waals surface area contributed by atoms with Gasteiger partial charge in [0.1, 0.15) is 11.5 Å². The van der Waals surface area contributed by atoms with Crippen LogP contribution in [0.25, 0.3) is 0 Å². The predicted molar refractivity (Wildman–Crippen MR) is 106 cm³/mol. The summed E-state index contributed by atoms with van der Waals surface area (Å²) in [5.41, 5.74) is 2.31. The molecule has 0 radical (unpaired) electrons. The lowest BCUT2D eigenvalue weighted by molar-refractivity contribution is 0.150. The molecule has 0 aromatic heterocycles. The Kier molecular flexibility index (Phi) is 6.41. The summed E-state index contributed by atoms with van der Waals surface area (Å²) in [5.74, 6) is 3.30. The van der Waals surface area contributed by atoms with E-state index >= 15 is 0 Å². The molecule has 136 valence electrons. The summed E-state index contributed by atoms with van der Waals surface area (Å²) in [6, 6.07) is 3.72. The molecule has 25 heavy (non-hydrogen) atoms. The predicted octanol–water partition coefficient (Wildman–Crippen LogP) is 7.04. The molecule has 2 aliphatic carbocycles. The first-order valence-electron chi connectivity index (χ1n) is 9.93. The molecule has 0 amide bonds. The van der Waals surface area contributed by atoms with E-state index in [2.05, 4.69) is 35.4 Å². The number of hydrogen-bond acceptors (Lipinski definition) is 2. The fraction of sp³-hybridized carbons (Fsp3) is 0.682. The van der Waals surface area contributed by atoms with Crippen LogP contribution in [0.4, 0.5) is 10.1 Å². The van der Waals surface area contributed by atoms with Crippen LogP contribution in [0.3, 0.4) is 0 Å². The van der Waals surface area contributed by atoms with Crippen LogP contribution >= 0.6 is 12.2 Å². The van der Waals surface area contributed by atoms with Crippen molar-refractivity contribution in [3.63, 3.8) is 0 Å². The maximum absolute atomic E-state index is 14.2. The van der Waals surface area contributed by atoms with Crippen LogP contribution in [-0.4, -0.2) is 5.16 Å². The van der Waals surface area contributed by atoms with Gasteiger partial charge in [0, 0.05) is 0 Å². The lowest BCUT2D eigenvalue weighted by Gasteiger charge is -2.37. The zero-order chi connectivity index (χ0) is 17.8. The van der Waals surface area contributed by atoms with Crippen LogP contribution < -0.4 is 0 Å². The summed E-state index contributed by atoms with van der Waals surface area (Å²) in [6.07, 6.45) is 12.1. The molecule has 3 rings (SSSR count). The molecule has 0 N–H and O–H groups in total. The molecule has 2 saturated carbocycles. The van der Waals surface area contributed by atoms with Crippen molar-refractivity contribution in [1.82, 2.24) is 0 Å². The Morgan fingerprint density at radius 1 is 1.04 bits per heavy atom. The third-order valence-corrected chi connectivity index (χ3v) is 6.71. The number of hydrogen-bond donors (Lipinski definition) is 0. The van der Waals surface area contributed by atoms with Gasteiger partial charge in [-0.3, -0.25) is 0 Å². The highest BCUT2D eigenvalue weighted by molar-refractivity contribution is 7.78. The molecule has 3 heteroatoms. The fourth-order valence-electron chi connectivity index (χ4n) is 5.07. The smallest absolute Gasteiger partial charge is 0.150 e. The van der Waals surface area contributed by atoms with Gasteiger partial charge in [0.2, 0.25) is 0 Å². The van der Waals surface area contributed by atoms with Gasteiger partial charge in [-0.1, -0.05) is 25.8 Å². The molecule has 1 aromatic carbocycles. The van der Waals surface area contributed by atoms with Gasteiger partial charge in [0.05, 0.1) is 5.16 Å². The highest BCUT2D eigenvalue weighted by atomic mass is 32.1. The second-order valence-corrected chi connectivity index (χ2v) is 8.63. The van der Waals surface area contributed by atoms with Gasteiger partial charge in [-0.05, 0) is 105 Å². The molecule has 2 aliphatic rings. The van der Waals surface area contributed by atoms with Gasteiger partial charge >= 0.3 is 0 Å². The monoisotopic (exact) mass is 359 g/mol. The zero-order valence-corrected chi connectivity index (χ0v) is 16.4. The van der Waals surface area contributed by atoms with Crippen LogP contribution in [0.15, 0.2) is 17.1 Å². The average molecular weight is 360 g/mol. The Morgan fingerprint density at radius 3 is 2.20 bits per heavy atom. The van der Waals surface area contributed by atoms with Gasteiger partial charge in [-0.2, -0.15) is 4.99 Å². The summed E-state index contributed by atoms with van der Waals surface area (Å²) >= 11 is 4.60. The van der Waals surface area contributed by atoms with Crippen molar-refractivity contribution >= 4 is 23.1 Å². The lowest BCUT2D eigenvalue weighted by Crippen LogP contribution is -2.25. The average Bonchev–Trinajstić information content (AvgIpc) is 2.60. The normalized spacial score (nSPS) is 29.9. The van der Waals surface area contributed by atoms with Crippen molar-refractivity contribution in [2.45, 2.75) is 71.6 Å². The zero-order valence-electron chi connectivity index (χ0n) is 15.6. The largest absolute Gasteiger partial charge is 0.205 e. The molecular formula is C22H30FNS. The van der Waals surface area contributed by atoms with Crippen LogP contribution in [0.2, 0.25) is 0 Å². The van der Waals surface area contributed by atoms with Crippen molar-refractivity contribution in [1.29, 1.82) is 0 Å². The van der Waals surface area contributed by atoms with Gasteiger partial charge < -0.3 is 0 Å². The Labute approximate surface area is 157 Å². The molecule has 1 aromatic rings. The van der Waals surface area contributed by atoms with E-state index in [-0.39, 0.29) is 5.82 Å².